The van der Waals surface area contributed by atoms with Crippen molar-refractivity contribution in [3.8, 4) is 5.75 Å². The van der Waals surface area contributed by atoms with E-state index in [1.807, 2.05) is 6.07 Å². The molecule has 1 fully saturated rings. The average Bonchev–Trinajstić information content (AvgIpc) is 3.01. The van der Waals surface area contributed by atoms with E-state index in [0.717, 1.165) is 16.7 Å². The van der Waals surface area contributed by atoms with E-state index in [9.17, 15) is 0 Å². The van der Waals surface area contributed by atoms with Gasteiger partial charge in [-0.25, -0.2) is 0 Å². The van der Waals surface area contributed by atoms with Crippen molar-refractivity contribution in [1.29, 1.82) is 0 Å². The predicted octanol–water partition coefficient (Wildman–Crippen LogP) is 4.22. The van der Waals surface area contributed by atoms with Crippen LogP contribution in [0.15, 0.2) is 47.5 Å². The minimum absolute atomic E-state index is 0.521. The number of hydrogen-bond donors (Lipinski definition) is 1. The van der Waals surface area contributed by atoms with E-state index in [0.29, 0.717) is 18.7 Å². The van der Waals surface area contributed by atoms with Crippen LogP contribution in [-0.4, -0.2) is 29.6 Å². The molecule has 1 N–H and O–H groups in total. The standard InChI is InChI=1S/C19H22N2OS/c1-2-6-15-13-16(10-9-14(15)5-1)22-11-12-23-19-20-17-7-3-4-8-18(17)21-19/h1-2,5-6,9-10,13,17-18H,3-4,7-8,11-12H2,(H,20,21). The van der Waals surface area contributed by atoms with Gasteiger partial charge in [0.05, 0.1) is 18.7 Å². The summed E-state index contributed by atoms with van der Waals surface area (Å²) in [6.07, 6.45) is 5.18. The fraction of sp³-hybridized carbons (Fsp3) is 0.421. The van der Waals surface area contributed by atoms with Gasteiger partial charge in [0.1, 0.15) is 5.75 Å². The minimum Gasteiger partial charge on any atom is -0.493 e. The van der Waals surface area contributed by atoms with E-state index in [1.165, 1.54) is 36.5 Å². The van der Waals surface area contributed by atoms with Crippen molar-refractivity contribution in [2.24, 2.45) is 4.99 Å². The van der Waals surface area contributed by atoms with Crippen LogP contribution in [0.3, 0.4) is 0 Å². The first-order valence-corrected chi connectivity index (χ1v) is 9.46. The Kier molecular flexibility index (Phi) is 4.42. The molecule has 2 aromatic rings. The van der Waals surface area contributed by atoms with Crippen LogP contribution in [0.25, 0.3) is 10.8 Å². The zero-order valence-electron chi connectivity index (χ0n) is 13.2. The Morgan fingerprint density at radius 2 is 1.96 bits per heavy atom. The highest BCUT2D eigenvalue weighted by Crippen LogP contribution is 2.27. The van der Waals surface area contributed by atoms with Crippen molar-refractivity contribution in [2.45, 2.75) is 37.8 Å². The monoisotopic (exact) mass is 326 g/mol. The van der Waals surface area contributed by atoms with Gasteiger partial charge in [-0.2, -0.15) is 0 Å². The number of fused-ring (bicyclic) bond motifs is 2. The molecule has 23 heavy (non-hydrogen) atoms. The van der Waals surface area contributed by atoms with Crippen LogP contribution >= 0.6 is 11.8 Å². The molecule has 1 aliphatic carbocycles. The summed E-state index contributed by atoms with van der Waals surface area (Å²) in [7, 11) is 0. The second-order valence-electron chi connectivity index (χ2n) is 6.24. The Morgan fingerprint density at radius 1 is 1.09 bits per heavy atom. The zero-order chi connectivity index (χ0) is 15.5. The van der Waals surface area contributed by atoms with E-state index in [2.05, 4.69) is 41.7 Å². The highest BCUT2D eigenvalue weighted by Gasteiger charge is 2.30. The molecule has 0 radical (unpaired) electrons. The molecule has 3 nitrogen and oxygen atoms in total. The lowest BCUT2D eigenvalue weighted by atomic mass is 9.92. The average molecular weight is 326 g/mol. The van der Waals surface area contributed by atoms with Crippen molar-refractivity contribution >= 4 is 27.7 Å². The molecule has 4 rings (SSSR count). The fourth-order valence-electron chi connectivity index (χ4n) is 3.41. The summed E-state index contributed by atoms with van der Waals surface area (Å²) in [4.78, 5) is 4.81. The molecule has 0 amide bonds. The maximum atomic E-state index is 5.89. The first-order valence-electron chi connectivity index (χ1n) is 8.47. The number of amidine groups is 1. The summed E-state index contributed by atoms with van der Waals surface area (Å²) in [5.41, 5.74) is 0. The quantitative estimate of drug-likeness (QED) is 0.854. The minimum atomic E-state index is 0.521. The summed E-state index contributed by atoms with van der Waals surface area (Å²) < 4.78 is 5.89. The van der Waals surface area contributed by atoms with Crippen LogP contribution < -0.4 is 10.1 Å². The summed E-state index contributed by atoms with van der Waals surface area (Å²) >= 11 is 1.79. The number of hydrogen-bond acceptors (Lipinski definition) is 4. The summed E-state index contributed by atoms with van der Waals surface area (Å²) in [6.45, 7) is 0.707. The maximum absolute atomic E-state index is 5.89. The van der Waals surface area contributed by atoms with Crippen molar-refractivity contribution in [2.75, 3.05) is 12.4 Å². The molecular weight excluding hydrogens is 304 g/mol. The van der Waals surface area contributed by atoms with Crippen molar-refractivity contribution < 1.29 is 4.74 Å². The third-order valence-electron chi connectivity index (χ3n) is 4.63. The van der Waals surface area contributed by atoms with Gasteiger partial charge in [-0.15, -0.1) is 0 Å². The van der Waals surface area contributed by atoms with E-state index >= 15 is 0 Å². The fourth-order valence-corrected chi connectivity index (χ4v) is 4.22. The second kappa shape index (κ2) is 6.83. The normalized spacial score (nSPS) is 23.2. The summed E-state index contributed by atoms with van der Waals surface area (Å²) in [5, 5.41) is 7.16. The lowest BCUT2D eigenvalue weighted by molar-refractivity contribution is 0.344. The Hall–Kier alpha value is -1.68. The highest BCUT2D eigenvalue weighted by atomic mass is 32.2. The van der Waals surface area contributed by atoms with Gasteiger partial charge in [-0.1, -0.05) is 54.9 Å². The molecular formula is C19H22N2OS. The third kappa shape index (κ3) is 3.47. The molecule has 2 aromatic carbocycles. The molecule has 0 aromatic heterocycles. The topological polar surface area (TPSA) is 33.6 Å². The SMILES string of the molecule is c1ccc2cc(OCCSC3=NC4CCCCC4N3)ccc2c1. The van der Waals surface area contributed by atoms with Crippen LogP contribution in [0.1, 0.15) is 25.7 Å². The van der Waals surface area contributed by atoms with Crippen LogP contribution in [0.4, 0.5) is 0 Å². The lowest BCUT2D eigenvalue weighted by Gasteiger charge is -2.23. The van der Waals surface area contributed by atoms with Gasteiger partial charge in [0.15, 0.2) is 5.17 Å². The number of nitrogens with zero attached hydrogens (tertiary/aromatic N) is 1. The molecule has 1 aliphatic heterocycles. The van der Waals surface area contributed by atoms with Gasteiger partial charge >= 0.3 is 0 Å². The van der Waals surface area contributed by atoms with Gasteiger partial charge < -0.3 is 10.1 Å². The first-order chi connectivity index (χ1) is 11.4. The van der Waals surface area contributed by atoms with E-state index in [-0.39, 0.29) is 0 Å². The van der Waals surface area contributed by atoms with Gasteiger partial charge in [0.25, 0.3) is 0 Å². The predicted molar refractivity (Wildman–Crippen MR) is 98.5 cm³/mol. The van der Waals surface area contributed by atoms with Gasteiger partial charge in [0.2, 0.25) is 0 Å². The van der Waals surface area contributed by atoms with Crippen LogP contribution in [0.2, 0.25) is 0 Å². The Balaban J connectivity index is 1.27. The number of thioether (sulfide) groups is 1. The molecule has 2 aliphatic rings. The van der Waals surface area contributed by atoms with Gasteiger partial charge in [-0.3, -0.25) is 4.99 Å². The van der Waals surface area contributed by atoms with Crippen LogP contribution in [-0.2, 0) is 0 Å². The first kappa shape index (κ1) is 14.9. The summed E-state index contributed by atoms with van der Waals surface area (Å²) in [5.74, 6) is 1.87. The molecule has 2 atom stereocenters. The van der Waals surface area contributed by atoms with E-state index in [4.69, 9.17) is 9.73 Å². The lowest BCUT2D eigenvalue weighted by Crippen LogP contribution is -2.36. The Bertz CT molecular complexity index is 715. The zero-order valence-corrected chi connectivity index (χ0v) is 14.0. The third-order valence-corrected chi connectivity index (χ3v) is 5.50. The molecule has 0 bridgehead atoms. The molecule has 0 saturated heterocycles. The van der Waals surface area contributed by atoms with Crippen LogP contribution in [0.5, 0.6) is 5.75 Å². The summed E-state index contributed by atoms with van der Waals surface area (Å²) in [6, 6.07) is 15.8. The number of benzene rings is 2. The maximum Gasteiger partial charge on any atom is 0.157 e. The largest absolute Gasteiger partial charge is 0.493 e. The molecule has 0 spiro atoms. The number of aliphatic imine (C=N–C) groups is 1. The Morgan fingerprint density at radius 3 is 2.87 bits per heavy atom. The number of rotatable bonds is 4. The molecule has 1 saturated carbocycles. The molecule has 2 unspecified atom stereocenters. The molecule has 1 heterocycles. The highest BCUT2D eigenvalue weighted by molar-refractivity contribution is 8.13. The van der Waals surface area contributed by atoms with E-state index < -0.39 is 0 Å². The van der Waals surface area contributed by atoms with Gasteiger partial charge in [-0.05, 0) is 35.7 Å². The Labute approximate surface area is 141 Å². The van der Waals surface area contributed by atoms with Crippen LogP contribution in [0, 0.1) is 0 Å². The number of nitrogens with one attached hydrogen (secondary N) is 1. The van der Waals surface area contributed by atoms with E-state index in [1.54, 1.807) is 11.8 Å². The smallest absolute Gasteiger partial charge is 0.157 e. The van der Waals surface area contributed by atoms with Crippen molar-refractivity contribution in [1.82, 2.24) is 5.32 Å². The second-order valence-corrected chi connectivity index (χ2v) is 7.33. The van der Waals surface area contributed by atoms with Crippen molar-refractivity contribution in [3.63, 3.8) is 0 Å². The van der Waals surface area contributed by atoms with Crippen molar-refractivity contribution in [3.05, 3.63) is 42.5 Å². The molecule has 4 heteroatoms. The van der Waals surface area contributed by atoms with Gasteiger partial charge in [0, 0.05) is 5.75 Å². The number of ether oxygens (including phenoxy) is 1. The molecule has 120 valence electrons.